The van der Waals surface area contributed by atoms with Gasteiger partial charge in [-0.25, -0.2) is 9.97 Å². The zero-order valence-electron chi connectivity index (χ0n) is 16.4. The molecule has 0 atom stereocenters. The molecule has 3 aromatic heterocycles. The Morgan fingerprint density at radius 3 is 2.86 bits per heavy atom. The summed E-state index contributed by atoms with van der Waals surface area (Å²) in [5.41, 5.74) is 1.59. The Morgan fingerprint density at radius 1 is 1.29 bits per heavy atom. The third-order valence-corrected chi connectivity index (χ3v) is 7.49. The number of thiazole rings is 1. The number of rotatable bonds is 4. The second-order valence-electron chi connectivity index (χ2n) is 7.55. The van der Waals surface area contributed by atoms with Crippen molar-refractivity contribution in [2.75, 3.05) is 0 Å². The number of hydrogen-bond acceptors (Lipinski definition) is 6. The molecular weight excluding hydrogens is 392 g/mol. The average Bonchev–Trinajstić information content (AvgIpc) is 3.18. The SMILES string of the molecule is Cc1c(C(=O)NCc2csc(C(C)C)n2)sc2nc3n(c(=O)c12)CCCCC3. The predicted molar refractivity (Wildman–Crippen MR) is 114 cm³/mol. The quantitative estimate of drug-likeness (QED) is 0.697. The molecule has 148 valence electrons. The molecule has 3 aromatic rings. The molecule has 1 aliphatic rings. The normalized spacial score (nSPS) is 14.3. The van der Waals surface area contributed by atoms with Crippen molar-refractivity contribution < 1.29 is 4.79 Å². The first-order valence-corrected chi connectivity index (χ1v) is 11.4. The molecule has 1 N–H and O–H groups in total. The predicted octanol–water partition coefficient (Wildman–Crippen LogP) is 4.00. The largest absolute Gasteiger partial charge is 0.346 e. The van der Waals surface area contributed by atoms with Crippen LogP contribution in [0, 0.1) is 6.92 Å². The molecule has 0 aromatic carbocycles. The zero-order valence-corrected chi connectivity index (χ0v) is 18.0. The van der Waals surface area contributed by atoms with Gasteiger partial charge >= 0.3 is 0 Å². The highest BCUT2D eigenvalue weighted by Crippen LogP contribution is 2.28. The second-order valence-corrected chi connectivity index (χ2v) is 9.44. The Morgan fingerprint density at radius 2 is 2.11 bits per heavy atom. The zero-order chi connectivity index (χ0) is 19.8. The number of hydrogen-bond donors (Lipinski definition) is 1. The van der Waals surface area contributed by atoms with E-state index in [4.69, 9.17) is 4.98 Å². The van der Waals surface area contributed by atoms with Crippen molar-refractivity contribution in [3.8, 4) is 0 Å². The second kappa shape index (κ2) is 7.75. The van der Waals surface area contributed by atoms with Crippen LogP contribution in [0.3, 0.4) is 0 Å². The van der Waals surface area contributed by atoms with Gasteiger partial charge in [-0.15, -0.1) is 22.7 Å². The highest BCUT2D eigenvalue weighted by molar-refractivity contribution is 7.20. The number of nitrogens with zero attached hydrogens (tertiary/aromatic N) is 3. The highest BCUT2D eigenvalue weighted by Gasteiger charge is 2.22. The molecule has 4 heterocycles. The molecule has 0 saturated carbocycles. The van der Waals surface area contributed by atoms with E-state index in [1.165, 1.54) is 11.3 Å². The molecule has 6 nitrogen and oxygen atoms in total. The number of aryl methyl sites for hydroxylation is 2. The molecule has 4 rings (SSSR count). The van der Waals surface area contributed by atoms with Crippen molar-refractivity contribution >= 4 is 38.8 Å². The molecule has 8 heteroatoms. The summed E-state index contributed by atoms with van der Waals surface area (Å²) < 4.78 is 1.81. The van der Waals surface area contributed by atoms with Crippen molar-refractivity contribution in [3.63, 3.8) is 0 Å². The standard InChI is InChI=1S/C20H24N4O2S2/c1-11(2)18-22-13(10-27-18)9-21-17(25)16-12(3)15-19(28-16)23-14-7-5-4-6-8-24(14)20(15)26/h10-11H,4-9H2,1-3H3,(H,21,25). The van der Waals surface area contributed by atoms with E-state index in [9.17, 15) is 9.59 Å². The van der Waals surface area contributed by atoms with E-state index in [1.54, 1.807) is 15.9 Å². The van der Waals surface area contributed by atoms with Gasteiger partial charge in [0.1, 0.15) is 10.7 Å². The Bertz CT molecular complexity index is 1090. The Hall–Kier alpha value is -2.06. The minimum absolute atomic E-state index is 0.00391. The van der Waals surface area contributed by atoms with E-state index >= 15 is 0 Å². The van der Waals surface area contributed by atoms with Crippen LogP contribution < -0.4 is 10.9 Å². The molecule has 1 aliphatic heterocycles. The average molecular weight is 417 g/mol. The van der Waals surface area contributed by atoms with Gasteiger partial charge < -0.3 is 5.32 Å². The van der Waals surface area contributed by atoms with E-state index in [0.29, 0.717) is 27.6 Å². The van der Waals surface area contributed by atoms with E-state index in [0.717, 1.165) is 54.3 Å². The molecule has 28 heavy (non-hydrogen) atoms. The Balaban J connectivity index is 1.61. The van der Waals surface area contributed by atoms with Gasteiger partial charge in [0.05, 0.1) is 27.5 Å². The Kier molecular flexibility index (Phi) is 5.33. The molecular formula is C20H24N4O2S2. The summed E-state index contributed by atoms with van der Waals surface area (Å²) in [6, 6.07) is 0. The summed E-state index contributed by atoms with van der Waals surface area (Å²) in [5.74, 6) is 1.07. The van der Waals surface area contributed by atoms with Gasteiger partial charge in [0.15, 0.2) is 0 Å². The van der Waals surface area contributed by atoms with Crippen molar-refractivity contribution in [1.29, 1.82) is 0 Å². The minimum atomic E-state index is -0.167. The van der Waals surface area contributed by atoms with Gasteiger partial charge in [0, 0.05) is 24.3 Å². The number of aromatic nitrogens is 3. The monoisotopic (exact) mass is 416 g/mol. The van der Waals surface area contributed by atoms with Crippen molar-refractivity contribution in [2.24, 2.45) is 0 Å². The number of thiophene rings is 1. The number of carbonyl (C=O) groups excluding carboxylic acids is 1. The minimum Gasteiger partial charge on any atom is -0.346 e. The lowest BCUT2D eigenvalue weighted by Crippen LogP contribution is -2.25. The van der Waals surface area contributed by atoms with Crippen LogP contribution in [0.5, 0.6) is 0 Å². The summed E-state index contributed by atoms with van der Waals surface area (Å²) in [7, 11) is 0. The molecule has 0 fully saturated rings. The molecule has 0 bridgehead atoms. The molecule has 0 unspecified atom stereocenters. The fourth-order valence-electron chi connectivity index (χ4n) is 3.55. The third kappa shape index (κ3) is 3.51. The first kappa shape index (κ1) is 19.3. The van der Waals surface area contributed by atoms with E-state index in [2.05, 4.69) is 24.1 Å². The lowest BCUT2D eigenvalue weighted by Gasteiger charge is -2.08. The smallest absolute Gasteiger partial charge is 0.262 e. The topological polar surface area (TPSA) is 76.9 Å². The number of nitrogens with one attached hydrogen (secondary N) is 1. The fraction of sp³-hybridized carbons (Fsp3) is 0.500. The van der Waals surface area contributed by atoms with Crippen LogP contribution in [0.15, 0.2) is 10.2 Å². The van der Waals surface area contributed by atoms with E-state index < -0.39 is 0 Å². The fourth-order valence-corrected chi connectivity index (χ4v) is 5.49. The van der Waals surface area contributed by atoms with Crippen molar-refractivity contribution in [1.82, 2.24) is 19.9 Å². The lowest BCUT2D eigenvalue weighted by molar-refractivity contribution is 0.0954. The van der Waals surface area contributed by atoms with Crippen LogP contribution >= 0.6 is 22.7 Å². The Labute approximate surface area is 171 Å². The van der Waals surface area contributed by atoms with Crippen LogP contribution in [0.25, 0.3) is 10.2 Å². The maximum Gasteiger partial charge on any atom is 0.262 e. The molecule has 0 saturated heterocycles. The maximum atomic E-state index is 13.0. The number of fused-ring (bicyclic) bond motifs is 2. The van der Waals surface area contributed by atoms with Gasteiger partial charge in [-0.2, -0.15) is 0 Å². The summed E-state index contributed by atoms with van der Waals surface area (Å²) >= 11 is 2.93. The highest BCUT2D eigenvalue weighted by atomic mass is 32.1. The van der Waals surface area contributed by atoms with Crippen LogP contribution in [-0.4, -0.2) is 20.4 Å². The van der Waals surface area contributed by atoms with E-state index in [1.807, 2.05) is 12.3 Å². The van der Waals surface area contributed by atoms with Crippen LogP contribution in [-0.2, 0) is 19.5 Å². The van der Waals surface area contributed by atoms with Crippen LogP contribution in [0.2, 0.25) is 0 Å². The van der Waals surface area contributed by atoms with Crippen molar-refractivity contribution in [2.45, 2.75) is 65.5 Å². The van der Waals surface area contributed by atoms with Gasteiger partial charge in [0.2, 0.25) is 0 Å². The first-order chi connectivity index (χ1) is 13.5. The van der Waals surface area contributed by atoms with Gasteiger partial charge in [-0.3, -0.25) is 14.2 Å². The third-order valence-electron chi connectivity index (χ3n) is 5.11. The first-order valence-electron chi connectivity index (χ1n) is 9.71. The van der Waals surface area contributed by atoms with Gasteiger partial charge in [-0.05, 0) is 25.3 Å². The van der Waals surface area contributed by atoms with Crippen LogP contribution in [0.4, 0.5) is 0 Å². The molecule has 0 spiro atoms. The molecule has 0 aliphatic carbocycles. The van der Waals surface area contributed by atoms with Gasteiger partial charge in [-0.1, -0.05) is 20.3 Å². The lowest BCUT2D eigenvalue weighted by atomic mass is 10.2. The van der Waals surface area contributed by atoms with E-state index in [-0.39, 0.29) is 11.5 Å². The summed E-state index contributed by atoms with van der Waals surface area (Å²) in [6.45, 7) is 7.17. The summed E-state index contributed by atoms with van der Waals surface area (Å²) in [5, 5.41) is 6.60. The van der Waals surface area contributed by atoms with Gasteiger partial charge in [0.25, 0.3) is 11.5 Å². The summed E-state index contributed by atoms with van der Waals surface area (Å²) in [4.78, 5) is 36.3. The number of amides is 1. The van der Waals surface area contributed by atoms with Crippen molar-refractivity contribution in [3.05, 3.63) is 42.7 Å². The summed E-state index contributed by atoms with van der Waals surface area (Å²) in [6.07, 6.45) is 4.01. The molecule has 0 radical (unpaired) electrons. The maximum absolute atomic E-state index is 13.0. The molecule has 1 amide bonds. The van der Waals surface area contributed by atoms with Crippen LogP contribution in [0.1, 0.15) is 70.8 Å². The number of carbonyl (C=O) groups is 1.